The Labute approximate surface area is 63.7 Å². The van der Waals surface area contributed by atoms with Crippen LogP contribution in [0.2, 0.25) is 0 Å². The van der Waals surface area contributed by atoms with E-state index in [1.54, 1.807) is 0 Å². The van der Waals surface area contributed by atoms with Crippen LogP contribution < -0.4 is 42.4 Å². The van der Waals surface area contributed by atoms with Crippen molar-refractivity contribution >= 4 is 0 Å². The molecule has 0 N–H and O–H groups in total. The fraction of sp³-hybridized carbons (Fsp3) is 0. The second kappa shape index (κ2) is 279. The maximum absolute atomic E-state index is 0. The Morgan fingerprint density at radius 2 is 0.429 bits per heavy atom. The monoisotopic (exact) mass is 200 g/mol. The molecule has 7 heteroatoms. The van der Waals surface area contributed by atoms with E-state index in [2.05, 4.69) is 0 Å². The zero-order chi connectivity index (χ0) is 0. The molecule has 0 fully saturated rings. The molecule has 0 nitrogen and oxygen atoms in total. The molecule has 0 bridgehead atoms. The molecule has 0 aromatic rings. The summed E-state index contributed by atoms with van der Waals surface area (Å²) in [6.07, 6.45) is 0. The average Bonchev–Trinajstić information content (AvgIpc) is 0. The third-order valence-electron chi connectivity index (χ3n) is 0. The summed E-state index contributed by atoms with van der Waals surface area (Å²) in [6.45, 7) is 0. The van der Waals surface area contributed by atoms with E-state index in [1.807, 2.05) is 0 Å². The first-order valence-electron chi connectivity index (χ1n) is 0. The average molecular weight is 198 g/mol. The van der Waals surface area contributed by atoms with Gasteiger partial charge in [0.1, 0.15) is 0 Å². The van der Waals surface area contributed by atoms with Gasteiger partial charge in [-0.25, -0.2) is 0 Å². The fourth-order valence-electron chi connectivity index (χ4n) is 0. The van der Waals surface area contributed by atoms with Gasteiger partial charge >= 0.3 is 39.9 Å². The molecule has 0 aliphatic carbocycles. The van der Waals surface area contributed by atoms with Gasteiger partial charge in [-0.2, -0.15) is 0 Å². The Morgan fingerprint density at radius 3 is 0.429 bits per heavy atom. The largest absolute Gasteiger partial charge is 4.00 e. The van der Waals surface area contributed by atoms with E-state index in [0.717, 1.165) is 0 Å². The van der Waals surface area contributed by atoms with Gasteiger partial charge in [-0.05, 0) is 0 Å². The van der Waals surface area contributed by atoms with Crippen LogP contribution in [-0.2, 0) is 21.1 Å². The molecule has 7 heavy (non-hydrogen) atoms. The van der Waals surface area contributed by atoms with E-state index in [0.29, 0.717) is 0 Å². The fourth-order valence-corrected chi connectivity index (χ4v) is 0. The summed E-state index contributed by atoms with van der Waals surface area (Å²) in [5, 5.41) is 0. The third-order valence-corrected chi connectivity index (χ3v) is 0. The van der Waals surface area contributed by atoms with Crippen molar-refractivity contribution in [1.29, 1.82) is 0 Å². The Hall–Kier alpha value is 0.936. The van der Waals surface area contributed by atoms with Crippen LogP contribution in [0.4, 0.5) is 0 Å². The van der Waals surface area contributed by atoms with Crippen LogP contribution in [0.3, 0.4) is 0 Å². The quantitative estimate of drug-likeness (QED) is 0.268. The van der Waals surface area contributed by atoms with Crippen molar-refractivity contribution in [1.82, 2.24) is 0 Å². The van der Waals surface area contributed by atoms with Gasteiger partial charge in [0.15, 0.2) is 0 Å². The predicted molar refractivity (Wildman–Crippen MR) is 0 cm³/mol. The van der Waals surface area contributed by atoms with Crippen LogP contribution >= 0.6 is 0 Å². The van der Waals surface area contributed by atoms with E-state index in [1.165, 1.54) is 0 Å². The maximum atomic E-state index is 0. The topological polar surface area (TPSA) is 0 Å². The normalized spacial score (nSPS) is 0. The molecule has 0 saturated heterocycles. The number of hydrogen-bond acceptors (Lipinski definition) is 0. The molecule has 0 atom stereocenters. The summed E-state index contributed by atoms with van der Waals surface area (Å²) in [5.41, 5.74) is 0. The van der Waals surface area contributed by atoms with Crippen LogP contribution in [0.5, 0.6) is 0 Å². The van der Waals surface area contributed by atoms with E-state index >= 15 is 0 Å². The van der Waals surface area contributed by atoms with E-state index < -0.39 is 0 Å². The molecule has 0 aliphatic heterocycles. The summed E-state index contributed by atoms with van der Waals surface area (Å²) in [4.78, 5) is 0. The summed E-state index contributed by atoms with van der Waals surface area (Å²) in [5.74, 6) is 0. The van der Waals surface area contributed by atoms with Crippen LogP contribution in [0.1, 0.15) is 0 Å². The van der Waals surface area contributed by atoms with Gasteiger partial charge in [0.2, 0.25) is 0 Å². The Balaban J connectivity index is 0. The first-order valence-corrected chi connectivity index (χ1v) is 0. The predicted octanol–water partition coefficient (Wildman–Crippen LogP) is -18.0. The molecule has 0 aromatic carbocycles. The molecule has 42 valence electrons. The molecule has 0 spiro atoms. The molecule has 0 heterocycles. The van der Waals surface area contributed by atoms with E-state index in [-0.39, 0.29) is 63.4 Å². The molecule has 0 unspecified atom stereocenters. The van der Waals surface area contributed by atoms with Gasteiger partial charge < -0.3 is 23.5 Å². The Kier molecular flexibility index (Phi) is 17400. The van der Waals surface area contributed by atoms with Crippen molar-refractivity contribution in [3.63, 3.8) is 0 Å². The van der Waals surface area contributed by atoms with Crippen molar-refractivity contribution in [2.24, 2.45) is 0 Å². The molecular weight excluding hydrogens is 198 g/mol. The maximum Gasteiger partial charge on any atom is 4.00 e. The zero-order valence-corrected chi connectivity index (χ0v) is 5.31. The van der Waals surface area contributed by atoms with Crippen LogP contribution in [-0.4, -0.2) is 0 Å². The summed E-state index contributed by atoms with van der Waals surface area (Å²) >= 11 is 0. The second-order valence-corrected chi connectivity index (χ2v) is 0. The molecule has 0 amide bonds. The standard InChI is InChI=1S/5FH.Li.Mo/h5*1H;;/q;;;;;+1;+4/p-5. The molecular formula is F5LiMo. The molecule has 0 saturated carbocycles. The third kappa shape index (κ3) is 193. The van der Waals surface area contributed by atoms with E-state index in [9.17, 15) is 0 Å². The van der Waals surface area contributed by atoms with Gasteiger partial charge in [0.05, 0.1) is 0 Å². The van der Waals surface area contributed by atoms with Crippen LogP contribution in [0.15, 0.2) is 0 Å². The summed E-state index contributed by atoms with van der Waals surface area (Å²) in [7, 11) is 0. The summed E-state index contributed by atoms with van der Waals surface area (Å²) in [6, 6.07) is 0. The van der Waals surface area contributed by atoms with Crippen molar-refractivity contribution in [2.75, 3.05) is 0 Å². The molecule has 0 rings (SSSR count). The first-order chi connectivity index (χ1) is 0. The zero-order valence-electron chi connectivity index (χ0n) is 3.30. The number of hydrogen-bond donors (Lipinski definition) is 0. The number of rotatable bonds is 0. The minimum atomic E-state index is 0. The van der Waals surface area contributed by atoms with Crippen molar-refractivity contribution in [3.05, 3.63) is 0 Å². The smallest absolute Gasteiger partial charge is 1.00 e. The van der Waals surface area contributed by atoms with Gasteiger partial charge in [0, 0.05) is 0 Å². The summed E-state index contributed by atoms with van der Waals surface area (Å²) < 4.78 is 0. The number of halogens is 5. The Morgan fingerprint density at radius 1 is 0.429 bits per heavy atom. The molecule has 0 radical (unpaired) electrons. The van der Waals surface area contributed by atoms with Gasteiger partial charge in [-0.15, -0.1) is 0 Å². The van der Waals surface area contributed by atoms with Gasteiger partial charge in [0.25, 0.3) is 0 Å². The SMILES string of the molecule is [F-].[F-].[F-].[F-].[F-].[Li+].[Mo+4]. The minimum Gasteiger partial charge on any atom is -1.00 e. The van der Waals surface area contributed by atoms with Crippen molar-refractivity contribution < 1.29 is 63.4 Å². The minimum absolute atomic E-state index is 0. The van der Waals surface area contributed by atoms with Crippen molar-refractivity contribution in [2.45, 2.75) is 0 Å². The second-order valence-electron chi connectivity index (χ2n) is 0. The van der Waals surface area contributed by atoms with Crippen LogP contribution in [0, 0.1) is 0 Å². The molecule has 0 aliphatic rings. The Bertz CT molecular complexity index is 8.04. The van der Waals surface area contributed by atoms with Gasteiger partial charge in [-0.1, -0.05) is 0 Å². The van der Waals surface area contributed by atoms with E-state index in [4.69, 9.17) is 0 Å². The first kappa shape index (κ1) is 436. The molecule has 0 aromatic heterocycles. The van der Waals surface area contributed by atoms with Gasteiger partial charge in [-0.3, -0.25) is 0 Å². The van der Waals surface area contributed by atoms with Crippen molar-refractivity contribution in [3.8, 4) is 0 Å². The van der Waals surface area contributed by atoms with Crippen LogP contribution in [0.25, 0.3) is 0 Å².